The molecule has 2 N–H and O–H groups in total. The van der Waals surface area contributed by atoms with E-state index in [4.69, 9.17) is 5.73 Å². The van der Waals surface area contributed by atoms with Gasteiger partial charge in [0.2, 0.25) is 0 Å². The average molecular weight is 239 g/mol. The van der Waals surface area contributed by atoms with Crippen LogP contribution in [-0.4, -0.2) is 30.1 Å². The zero-order valence-corrected chi connectivity index (χ0v) is 11.3. The summed E-state index contributed by atoms with van der Waals surface area (Å²) in [4.78, 5) is 6.57. The van der Waals surface area contributed by atoms with Gasteiger partial charge in [-0.25, -0.2) is 4.98 Å². The lowest BCUT2D eigenvalue weighted by Gasteiger charge is -2.26. The molecule has 1 rings (SSSR count). The Kier molecular flexibility index (Phi) is 4.93. The smallest absolute Gasteiger partial charge is 0.128 e. The van der Waals surface area contributed by atoms with Crippen molar-refractivity contribution in [1.29, 1.82) is 0 Å². The van der Waals surface area contributed by atoms with Gasteiger partial charge in [-0.15, -0.1) is 0 Å². The van der Waals surface area contributed by atoms with Crippen molar-refractivity contribution >= 4 is 23.3 Å². The third-order valence-corrected chi connectivity index (χ3v) is 3.54. The minimum Gasteiger partial charge on any atom is -0.397 e. The summed E-state index contributed by atoms with van der Waals surface area (Å²) in [6, 6.07) is 2.55. The predicted octanol–water partition coefficient (Wildman–Crippen LogP) is 2.55. The second-order valence-electron chi connectivity index (χ2n) is 4.14. The van der Waals surface area contributed by atoms with E-state index < -0.39 is 0 Å². The monoisotopic (exact) mass is 239 g/mol. The number of aryl methyl sites for hydroxylation is 1. The summed E-state index contributed by atoms with van der Waals surface area (Å²) in [5, 5.41) is 0. The highest BCUT2D eigenvalue weighted by atomic mass is 32.2. The van der Waals surface area contributed by atoms with Gasteiger partial charge in [0.05, 0.1) is 11.9 Å². The first-order valence-electron chi connectivity index (χ1n) is 5.50. The summed E-state index contributed by atoms with van der Waals surface area (Å²) in [5.74, 6) is 2.18. The fourth-order valence-corrected chi connectivity index (χ4v) is 2.03. The summed E-state index contributed by atoms with van der Waals surface area (Å²) in [6.45, 7) is 4.24. The predicted molar refractivity (Wildman–Crippen MR) is 74.3 cm³/mol. The Morgan fingerprint density at radius 2 is 2.25 bits per heavy atom. The highest BCUT2D eigenvalue weighted by Crippen LogP contribution is 2.19. The van der Waals surface area contributed by atoms with Crippen LogP contribution in [0.25, 0.3) is 0 Å². The van der Waals surface area contributed by atoms with Gasteiger partial charge in [0.25, 0.3) is 0 Å². The lowest BCUT2D eigenvalue weighted by Crippen LogP contribution is -2.30. The van der Waals surface area contributed by atoms with Gasteiger partial charge < -0.3 is 10.6 Å². The molecule has 3 nitrogen and oxygen atoms in total. The number of thioether (sulfide) groups is 1. The fourth-order valence-electron chi connectivity index (χ4n) is 1.45. The zero-order chi connectivity index (χ0) is 12.1. The van der Waals surface area contributed by atoms with E-state index >= 15 is 0 Å². The molecule has 1 atom stereocenters. The summed E-state index contributed by atoms with van der Waals surface area (Å²) in [5.41, 5.74) is 7.61. The van der Waals surface area contributed by atoms with Crippen LogP contribution in [0.5, 0.6) is 0 Å². The van der Waals surface area contributed by atoms with E-state index in [-0.39, 0.29) is 0 Å². The molecular formula is C12H21N3S. The molecule has 0 saturated heterocycles. The number of anilines is 2. The van der Waals surface area contributed by atoms with Crippen molar-refractivity contribution in [1.82, 2.24) is 4.98 Å². The number of nitrogen functional groups attached to an aromatic ring is 1. The second kappa shape index (κ2) is 5.99. The topological polar surface area (TPSA) is 42.1 Å². The van der Waals surface area contributed by atoms with Gasteiger partial charge >= 0.3 is 0 Å². The first-order valence-corrected chi connectivity index (χ1v) is 6.89. The van der Waals surface area contributed by atoms with Crippen LogP contribution < -0.4 is 10.6 Å². The van der Waals surface area contributed by atoms with Gasteiger partial charge in [-0.1, -0.05) is 0 Å². The van der Waals surface area contributed by atoms with Crippen LogP contribution in [0.15, 0.2) is 12.3 Å². The Labute approximate surface area is 102 Å². The molecule has 0 aliphatic rings. The first-order chi connectivity index (χ1) is 7.56. The quantitative estimate of drug-likeness (QED) is 0.857. The second-order valence-corrected chi connectivity index (χ2v) is 5.13. The molecule has 1 heterocycles. The number of nitrogens with zero attached hydrogens (tertiary/aromatic N) is 2. The minimum atomic E-state index is 0.503. The van der Waals surface area contributed by atoms with E-state index in [0.717, 1.165) is 17.1 Å². The molecule has 16 heavy (non-hydrogen) atoms. The lowest BCUT2D eigenvalue weighted by molar-refractivity contribution is 0.662. The Morgan fingerprint density at radius 1 is 1.56 bits per heavy atom. The largest absolute Gasteiger partial charge is 0.397 e. The Bertz CT molecular complexity index is 341. The van der Waals surface area contributed by atoms with E-state index in [2.05, 4.69) is 30.1 Å². The summed E-state index contributed by atoms with van der Waals surface area (Å²) in [7, 11) is 2.09. The van der Waals surface area contributed by atoms with Crippen LogP contribution in [0.3, 0.4) is 0 Å². The molecule has 90 valence electrons. The standard InChI is InChI=1S/C12H21N3S/c1-9-7-12(14-8-11(9)13)15(3)10(2)5-6-16-4/h7-8,10H,5-6,13H2,1-4H3. The van der Waals surface area contributed by atoms with Crippen molar-refractivity contribution in [3.05, 3.63) is 17.8 Å². The van der Waals surface area contributed by atoms with Crippen molar-refractivity contribution in [3.63, 3.8) is 0 Å². The van der Waals surface area contributed by atoms with Gasteiger partial charge in [-0.05, 0) is 43.9 Å². The highest BCUT2D eigenvalue weighted by molar-refractivity contribution is 7.98. The van der Waals surface area contributed by atoms with Gasteiger partial charge in [0.15, 0.2) is 0 Å². The van der Waals surface area contributed by atoms with Crippen molar-refractivity contribution in [2.24, 2.45) is 0 Å². The molecular weight excluding hydrogens is 218 g/mol. The number of hydrogen-bond acceptors (Lipinski definition) is 4. The third-order valence-electron chi connectivity index (χ3n) is 2.90. The van der Waals surface area contributed by atoms with Crippen molar-refractivity contribution < 1.29 is 0 Å². The van der Waals surface area contributed by atoms with Crippen LogP contribution >= 0.6 is 11.8 Å². The van der Waals surface area contributed by atoms with Crippen LogP contribution in [-0.2, 0) is 0 Å². The molecule has 0 aromatic carbocycles. The van der Waals surface area contributed by atoms with Crippen LogP contribution in [0.4, 0.5) is 11.5 Å². The number of pyridine rings is 1. The SMILES string of the molecule is CSCCC(C)N(C)c1cc(C)c(N)cn1. The number of nitrogens with two attached hydrogens (primary N) is 1. The van der Waals surface area contributed by atoms with E-state index in [1.807, 2.05) is 24.8 Å². The molecule has 0 amide bonds. The average Bonchev–Trinajstić information content (AvgIpc) is 2.28. The van der Waals surface area contributed by atoms with Crippen molar-refractivity contribution in [2.75, 3.05) is 29.7 Å². The highest BCUT2D eigenvalue weighted by Gasteiger charge is 2.11. The molecule has 1 aromatic rings. The van der Waals surface area contributed by atoms with E-state index in [1.165, 1.54) is 12.2 Å². The Morgan fingerprint density at radius 3 is 2.81 bits per heavy atom. The maximum atomic E-state index is 5.76. The molecule has 0 bridgehead atoms. The van der Waals surface area contributed by atoms with E-state index in [0.29, 0.717) is 6.04 Å². The van der Waals surface area contributed by atoms with E-state index in [9.17, 15) is 0 Å². The summed E-state index contributed by atoms with van der Waals surface area (Å²) in [6.07, 6.45) is 5.05. The molecule has 4 heteroatoms. The van der Waals surface area contributed by atoms with Gasteiger partial charge in [0, 0.05) is 13.1 Å². The number of rotatable bonds is 5. The third kappa shape index (κ3) is 3.30. The van der Waals surface area contributed by atoms with E-state index in [1.54, 1.807) is 6.20 Å². The van der Waals surface area contributed by atoms with Gasteiger partial charge in [-0.3, -0.25) is 0 Å². The fraction of sp³-hybridized carbons (Fsp3) is 0.583. The maximum Gasteiger partial charge on any atom is 0.128 e. The molecule has 0 saturated carbocycles. The number of hydrogen-bond donors (Lipinski definition) is 1. The summed E-state index contributed by atoms with van der Waals surface area (Å²) < 4.78 is 0. The molecule has 0 aliphatic heterocycles. The van der Waals surface area contributed by atoms with Gasteiger partial charge in [-0.2, -0.15) is 11.8 Å². The molecule has 0 fully saturated rings. The normalized spacial score (nSPS) is 12.5. The zero-order valence-electron chi connectivity index (χ0n) is 10.5. The Balaban J connectivity index is 2.71. The molecule has 0 spiro atoms. The first kappa shape index (κ1) is 13.2. The van der Waals surface area contributed by atoms with Crippen LogP contribution in [0.1, 0.15) is 18.9 Å². The molecule has 1 aromatic heterocycles. The summed E-state index contributed by atoms with van der Waals surface area (Å²) >= 11 is 1.88. The number of aromatic nitrogens is 1. The van der Waals surface area contributed by atoms with Crippen molar-refractivity contribution in [3.8, 4) is 0 Å². The minimum absolute atomic E-state index is 0.503. The van der Waals surface area contributed by atoms with Gasteiger partial charge in [0.1, 0.15) is 5.82 Å². The molecule has 0 radical (unpaired) electrons. The van der Waals surface area contributed by atoms with Crippen LogP contribution in [0.2, 0.25) is 0 Å². The molecule has 1 unspecified atom stereocenters. The van der Waals surface area contributed by atoms with Crippen molar-refractivity contribution in [2.45, 2.75) is 26.3 Å². The van der Waals surface area contributed by atoms with Crippen LogP contribution in [0, 0.1) is 6.92 Å². The molecule has 0 aliphatic carbocycles. The maximum absolute atomic E-state index is 5.76. The lowest BCUT2D eigenvalue weighted by atomic mass is 10.2. The Hall–Kier alpha value is -0.900.